The summed E-state index contributed by atoms with van der Waals surface area (Å²) in [7, 11) is -2.97. The van der Waals surface area contributed by atoms with Gasteiger partial charge in [0.1, 0.15) is 22.9 Å². The summed E-state index contributed by atoms with van der Waals surface area (Å²) in [5.41, 5.74) is -2.82. The summed E-state index contributed by atoms with van der Waals surface area (Å²) in [6.45, 7) is 0. The third-order valence-electron chi connectivity index (χ3n) is 7.71. The molecule has 196 valence electrons. The Morgan fingerprint density at radius 1 is 1.03 bits per heavy atom. The fourth-order valence-corrected chi connectivity index (χ4v) is 8.13. The molecule has 0 radical (unpaired) electrons. The maximum atomic E-state index is 14.3. The average molecular weight is 542 g/mol. The number of sulfone groups is 1. The van der Waals surface area contributed by atoms with Crippen molar-refractivity contribution in [3.63, 3.8) is 0 Å². The van der Waals surface area contributed by atoms with Gasteiger partial charge >= 0.3 is 0 Å². The van der Waals surface area contributed by atoms with Gasteiger partial charge in [-0.15, -0.1) is 0 Å². The number of nitrogens with zero attached hydrogens (tertiary/aromatic N) is 3. The minimum atomic E-state index is -4.36. The molecule has 39 heavy (non-hydrogen) atoms. The van der Waals surface area contributed by atoms with Gasteiger partial charge in [0, 0.05) is 6.20 Å². The van der Waals surface area contributed by atoms with Crippen molar-refractivity contribution in [3.8, 4) is 17.6 Å². The van der Waals surface area contributed by atoms with Crippen molar-refractivity contribution < 1.29 is 28.1 Å². The molecule has 0 amide bonds. The standard InChI is InChI=1S/C29H23N3O6S/c1-37-21-16-31-17-22-25(21)28(34)27(33)26(39(35,36)23-9-5-6-14-32-23)24(19-7-3-2-4-8-19)29(28,38-22)20-12-10-18(15-30)11-13-20/h2-14,16-17,24,26-27,33-34H,1H3/t24-,26-,27-,28+,29+/m1/s1. The van der Waals surface area contributed by atoms with Gasteiger partial charge in [0.15, 0.2) is 16.2 Å². The lowest BCUT2D eigenvalue weighted by atomic mass is 9.71. The van der Waals surface area contributed by atoms with Crippen molar-refractivity contribution in [1.82, 2.24) is 9.97 Å². The molecule has 3 heterocycles. The van der Waals surface area contributed by atoms with Crippen LogP contribution < -0.4 is 9.47 Å². The van der Waals surface area contributed by atoms with Crippen LogP contribution in [-0.4, -0.2) is 47.1 Å². The molecule has 9 nitrogen and oxygen atoms in total. The zero-order valence-corrected chi connectivity index (χ0v) is 21.5. The van der Waals surface area contributed by atoms with Crippen LogP contribution in [0.1, 0.15) is 28.2 Å². The van der Waals surface area contributed by atoms with Crippen molar-refractivity contribution in [2.24, 2.45) is 0 Å². The smallest absolute Gasteiger partial charge is 0.201 e. The van der Waals surface area contributed by atoms with Gasteiger partial charge in [0.05, 0.1) is 42.6 Å². The fourth-order valence-electron chi connectivity index (χ4n) is 6.13. The Bertz CT molecular complexity index is 1690. The highest BCUT2D eigenvalue weighted by Gasteiger charge is 2.79. The molecule has 2 aliphatic rings. The van der Waals surface area contributed by atoms with Gasteiger partial charge in [-0.3, -0.25) is 4.98 Å². The number of pyridine rings is 2. The van der Waals surface area contributed by atoms with E-state index in [0.717, 1.165) is 0 Å². The fraction of sp³-hybridized carbons (Fsp3) is 0.207. The van der Waals surface area contributed by atoms with E-state index in [9.17, 15) is 23.9 Å². The van der Waals surface area contributed by atoms with E-state index in [2.05, 4.69) is 16.0 Å². The van der Waals surface area contributed by atoms with E-state index in [0.29, 0.717) is 16.7 Å². The number of fused-ring (bicyclic) bond motifs is 3. The minimum absolute atomic E-state index is 0.0940. The highest BCUT2D eigenvalue weighted by Crippen LogP contribution is 2.69. The largest absolute Gasteiger partial charge is 0.495 e. The van der Waals surface area contributed by atoms with Crippen LogP contribution in [-0.2, 0) is 21.0 Å². The van der Waals surface area contributed by atoms with E-state index < -0.39 is 38.3 Å². The predicted molar refractivity (Wildman–Crippen MR) is 139 cm³/mol. The molecule has 6 rings (SSSR count). The van der Waals surface area contributed by atoms with Gasteiger partial charge in [-0.2, -0.15) is 5.26 Å². The molecule has 5 atom stereocenters. The summed E-state index contributed by atoms with van der Waals surface area (Å²) in [4.78, 5) is 8.24. The number of hydrogen-bond donors (Lipinski definition) is 2. The molecule has 1 aliphatic heterocycles. The van der Waals surface area contributed by atoms with Crippen molar-refractivity contribution in [1.29, 1.82) is 5.26 Å². The first-order chi connectivity index (χ1) is 18.8. The second-order valence-corrected chi connectivity index (χ2v) is 11.6. The minimum Gasteiger partial charge on any atom is -0.495 e. The number of ether oxygens (including phenoxy) is 2. The Morgan fingerprint density at radius 2 is 1.74 bits per heavy atom. The second-order valence-electron chi connectivity index (χ2n) is 9.52. The Balaban J connectivity index is 1.73. The molecule has 1 fully saturated rings. The summed E-state index contributed by atoms with van der Waals surface area (Å²) < 4.78 is 40.7. The summed E-state index contributed by atoms with van der Waals surface area (Å²) in [6.07, 6.45) is 2.25. The number of aliphatic hydroxyl groups is 2. The molecular weight excluding hydrogens is 518 g/mol. The number of methoxy groups -OCH3 is 1. The van der Waals surface area contributed by atoms with Gasteiger partial charge in [-0.05, 0) is 35.4 Å². The lowest BCUT2D eigenvalue weighted by Gasteiger charge is -2.40. The van der Waals surface area contributed by atoms with Crippen LogP contribution in [0.25, 0.3) is 0 Å². The molecule has 10 heteroatoms. The monoisotopic (exact) mass is 541 g/mol. The average Bonchev–Trinajstić information content (AvgIpc) is 3.37. The molecule has 0 unspecified atom stereocenters. The van der Waals surface area contributed by atoms with Gasteiger partial charge in [-0.1, -0.05) is 48.5 Å². The third kappa shape index (κ3) is 3.27. The molecule has 2 aromatic carbocycles. The highest BCUT2D eigenvalue weighted by atomic mass is 32.2. The van der Waals surface area contributed by atoms with Gasteiger partial charge < -0.3 is 19.7 Å². The molecule has 2 N–H and O–H groups in total. The molecular formula is C29H23N3O6S. The molecule has 4 aromatic rings. The molecule has 0 spiro atoms. The van der Waals surface area contributed by atoms with Crippen molar-refractivity contribution in [2.75, 3.05) is 7.11 Å². The summed E-state index contributed by atoms with van der Waals surface area (Å²) in [5.74, 6) is -0.849. The van der Waals surface area contributed by atoms with Crippen LogP contribution in [0.2, 0.25) is 0 Å². The van der Waals surface area contributed by atoms with Crippen molar-refractivity contribution >= 4 is 9.84 Å². The van der Waals surface area contributed by atoms with E-state index in [4.69, 9.17) is 9.47 Å². The van der Waals surface area contributed by atoms with E-state index in [1.165, 1.54) is 31.8 Å². The molecule has 2 aromatic heterocycles. The molecule has 1 aliphatic carbocycles. The summed E-state index contributed by atoms with van der Waals surface area (Å²) >= 11 is 0. The topological polar surface area (TPSA) is 143 Å². The Kier molecular flexibility index (Phi) is 5.69. The third-order valence-corrected chi connectivity index (χ3v) is 9.78. The Morgan fingerprint density at radius 3 is 2.38 bits per heavy atom. The number of benzene rings is 2. The van der Waals surface area contributed by atoms with E-state index >= 15 is 0 Å². The lowest BCUT2D eigenvalue weighted by molar-refractivity contribution is -0.149. The zero-order chi connectivity index (χ0) is 27.4. The molecule has 1 saturated carbocycles. The van der Waals surface area contributed by atoms with Crippen LogP contribution in [0.5, 0.6) is 11.5 Å². The van der Waals surface area contributed by atoms with Gasteiger partial charge in [0.2, 0.25) is 9.84 Å². The molecule has 0 bridgehead atoms. The zero-order valence-electron chi connectivity index (χ0n) is 20.7. The lowest BCUT2D eigenvalue weighted by Crippen LogP contribution is -2.52. The quantitative estimate of drug-likeness (QED) is 0.390. The van der Waals surface area contributed by atoms with Crippen molar-refractivity contribution in [3.05, 3.63) is 114 Å². The van der Waals surface area contributed by atoms with Gasteiger partial charge in [0.25, 0.3) is 0 Å². The Labute approximate surface area is 224 Å². The SMILES string of the molecule is COc1cncc2c1[C@]1(O)[C@H](O)[C@H](S(=O)(=O)c3ccccn3)[C@@H](c3ccccc3)[C@]1(c1ccc(C#N)cc1)O2. The van der Waals surface area contributed by atoms with Crippen LogP contribution in [0.4, 0.5) is 0 Å². The highest BCUT2D eigenvalue weighted by molar-refractivity contribution is 7.92. The number of nitriles is 1. The van der Waals surface area contributed by atoms with Crippen molar-refractivity contribution in [2.45, 2.75) is 33.5 Å². The van der Waals surface area contributed by atoms with Gasteiger partial charge in [-0.25, -0.2) is 13.4 Å². The van der Waals surface area contributed by atoms with Crippen LogP contribution >= 0.6 is 0 Å². The summed E-state index contributed by atoms with van der Waals surface area (Å²) in [5, 5.41) is 32.4. The Hall–Kier alpha value is -4.30. The molecule has 0 saturated heterocycles. The first-order valence-corrected chi connectivity index (χ1v) is 13.7. The predicted octanol–water partition coefficient (Wildman–Crippen LogP) is 2.83. The maximum absolute atomic E-state index is 14.3. The van der Waals surface area contributed by atoms with Crippen LogP contribution in [0.15, 0.2) is 96.4 Å². The maximum Gasteiger partial charge on any atom is 0.201 e. The van der Waals surface area contributed by atoms with E-state index in [1.807, 2.05) is 0 Å². The summed E-state index contributed by atoms with van der Waals surface area (Å²) in [6, 6.07) is 21.6. The number of aliphatic hydroxyl groups excluding tert-OH is 1. The number of rotatable bonds is 5. The first-order valence-electron chi connectivity index (χ1n) is 12.1. The number of hydrogen-bond acceptors (Lipinski definition) is 9. The first kappa shape index (κ1) is 25.0. The van der Waals surface area contributed by atoms with E-state index in [-0.39, 0.29) is 22.1 Å². The van der Waals surface area contributed by atoms with Crippen LogP contribution in [0.3, 0.4) is 0 Å². The normalized spacial score (nSPS) is 27.2. The van der Waals surface area contributed by atoms with Crippen LogP contribution in [0, 0.1) is 11.3 Å². The van der Waals surface area contributed by atoms with E-state index in [1.54, 1.807) is 66.7 Å². The number of aromatic nitrogens is 2. The second kappa shape index (κ2) is 8.88.